The lowest BCUT2D eigenvalue weighted by molar-refractivity contribution is 0.235. The Morgan fingerprint density at radius 2 is 2.44 bits per heavy atom. The number of nitrogens with two attached hydrogens (primary N) is 1. The van der Waals surface area contributed by atoms with Gasteiger partial charge < -0.3 is 10.6 Å². The van der Waals surface area contributed by atoms with Crippen LogP contribution in [0.3, 0.4) is 0 Å². The first-order valence-electron chi connectivity index (χ1n) is 5.68. The average Bonchev–Trinajstić information content (AvgIpc) is 2.64. The fourth-order valence-corrected chi connectivity index (χ4v) is 3.47. The molecule has 0 aliphatic carbocycles. The summed E-state index contributed by atoms with van der Waals surface area (Å²) in [7, 11) is 4.12. The van der Waals surface area contributed by atoms with E-state index in [0.717, 1.165) is 18.7 Å². The molecule has 1 aliphatic rings. The van der Waals surface area contributed by atoms with E-state index in [2.05, 4.69) is 23.2 Å². The molecule has 1 aliphatic heterocycles. The number of thioether (sulfide) groups is 1. The number of hydrogen-bond acceptors (Lipinski definition) is 4. The Morgan fingerprint density at radius 3 is 3.06 bits per heavy atom. The van der Waals surface area contributed by atoms with Crippen molar-refractivity contribution in [1.29, 1.82) is 0 Å². The van der Waals surface area contributed by atoms with Gasteiger partial charge in [0.1, 0.15) is 0 Å². The topological polar surface area (TPSA) is 47.1 Å². The van der Waals surface area contributed by atoms with Gasteiger partial charge in [-0.15, -0.1) is 0 Å². The van der Waals surface area contributed by atoms with Gasteiger partial charge in [0.25, 0.3) is 0 Å². The highest BCUT2D eigenvalue weighted by Gasteiger charge is 2.25. The Hall–Kier alpha value is -0.520. The van der Waals surface area contributed by atoms with Crippen molar-refractivity contribution in [3.63, 3.8) is 0 Å². The van der Waals surface area contributed by atoms with E-state index < -0.39 is 0 Å². The maximum Gasteiger partial charge on any atom is 0.0522 e. The summed E-state index contributed by atoms with van der Waals surface area (Å²) < 4.78 is 1.83. The van der Waals surface area contributed by atoms with Crippen LogP contribution in [0.4, 0.5) is 0 Å². The van der Waals surface area contributed by atoms with Crippen LogP contribution >= 0.6 is 11.8 Å². The van der Waals surface area contributed by atoms with E-state index in [0.29, 0.717) is 6.04 Å². The second kappa shape index (κ2) is 5.21. The van der Waals surface area contributed by atoms with Crippen LogP contribution in [0.1, 0.15) is 5.56 Å². The van der Waals surface area contributed by atoms with Gasteiger partial charge in [-0.25, -0.2) is 0 Å². The van der Waals surface area contributed by atoms with E-state index in [1.165, 1.54) is 11.3 Å². The van der Waals surface area contributed by atoms with E-state index in [9.17, 15) is 0 Å². The predicted octanol–water partition coefficient (Wildman–Crippen LogP) is 0.337. The Morgan fingerprint density at radius 1 is 1.62 bits per heavy atom. The zero-order valence-electron chi connectivity index (χ0n) is 9.97. The van der Waals surface area contributed by atoms with Crippen molar-refractivity contribution in [2.75, 3.05) is 25.1 Å². The molecule has 0 spiro atoms. The van der Waals surface area contributed by atoms with Crippen LogP contribution in [0.15, 0.2) is 12.4 Å². The number of rotatable bonds is 3. The Labute approximate surface area is 101 Å². The molecule has 2 heterocycles. The van der Waals surface area contributed by atoms with Crippen molar-refractivity contribution < 1.29 is 0 Å². The van der Waals surface area contributed by atoms with Crippen molar-refractivity contribution in [3.8, 4) is 0 Å². The fraction of sp³-hybridized carbons (Fsp3) is 0.727. The Balaban J connectivity index is 1.93. The van der Waals surface area contributed by atoms with E-state index in [-0.39, 0.29) is 6.04 Å². The van der Waals surface area contributed by atoms with Crippen LogP contribution in [-0.4, -0.2) is 51.9 Å². The number of nitrogens with zero attached hydrogens (tertiary/aromatic N) is 3. The normalized spacial score (nSPS) is 24.6. The van der Waals surface area contributed by atoms with Crippen LogP contribution in [0.2, 0.25) is 0 Å². The van der Waals surface area contributed by atoms with Gasteiger partial charge in [-0.3, -0.25) is 4.68 Å². The smallest absolute Gasteiger partial charge is 0.0522 e. The molecule has 0 radical (unpaired) electrons. The summed E-state index contributed by atoms with van der Waals surface area (Å²) in [6.07, 6.45) is 4.88. The molecule has 1 fully saturated rings. The standard InChI is InChI=1S/C11H20N4S/c1-14-3-4-16-8-11(14)10(12)5-9-6-13-15(2)7-9/h6-7,10-11H,3-5,8,12H2,1-2H3. The summed E-state index contributed by atoms with van der Waals surface area (Å²) in [5.41, 5.74) is 7.52. The third-order valence-corrected chi connectivity index (χ3v) is 4.22. The number of hydrogen-bond donors (Lipinski definition) is 1. The summed E-state index contributed by atoms with van der Waals surface area (Å²) in [6.45, 7) is 1.15. The first-order chi connectivity index (χ1) is 7.66. The van der Waals surface area contributed by atoms with Crippen LogP contribution in [-0.2, 0) is 13.5 Å². The van der Waals surface area contributed by atoms with Crippen molar-refractivity contribution in [1.82, 2.24) is 14.7 Å². The molecule has 0 saturated carbocycles. The highest BCUT2D eigenvalue weighted by Crippen LogP contribution is 2.18. The first kappa shape index (κ1) is 12.0. The molecule has 1 saturated heterocycles. The lowest BCUT2D eigenvalue weighted by Crippen LogP contribution is -2.51. The largest absolute Gasteiger partial charge is 0.326 e. The third-order valence-electron chi connectivity index (χ3n) is 3.17. The third kappa shape index (κ3) is 2.78. The molecular formula is C11H20N4S. The molecule has 0 aromatic carbocycles. The van der Waals surface area contributed by atoms with E-state index >= 15 is 0 Å². The van der Waals surface area contributed by atoms with Gasteiger partial charge in [-0.05, 0) is 19.0 Å². The van der Waals surface area contributed by atoms with Gasteiger partial charge in [0.2, 0.25) is 0 Å². The lowest BCUT2D eigenvalue weighted by Gasteiger charge is -2.36. The number of aromatic nitrogens is 2. The van der Waals surface area contributed by atoms with Gasteiger partial charge in [0, 0.05) is 43.4 Å². The number of aryl methyl sites for hydroxylation is 1. The maximum absolute atomic E-state index is 6.29. The second-order valence-corrected chi connectivity index (χ2v) is 5.66. The van der Waals surface area contributed by atoms with Crippen molar-refractivity contribution >= 4 is 11.8 Å². The van der Waals surface area contributed by atoms with Crippen molar-refractivity contribution in [2.24, 2.45) is 12.8 Å². The van der Waals surface area contributed by atoms with Crippen molar-refractivity contribution in [2.45, 2.75) is 18.5 Å². The molecular weight excluding hydrogens is 220 g/mol. The molecule has 1 aromatic rings. The second-order valence-electron chi connectivity index (χ2n) is 4.51. The molecule has 2 atom stereocenters. The van der Waals surface area contributed by atoms with Gasteiger partial charge >= 0.3 is 0 Å². The number of likely N-dealkylation sites (N-methyl/N-ethyl adjacent to an activating group) is 1. The molecule has 16 heavy (non-hydrogen) atoms. The Kier molecular flexibility index (Phi) is 3.89. The van der Waals surface area contributed by atoms with Gasteiger partial charge in [0.15, 0.2) is 0 Å². The predicted molar refractivity (Wildman–Crippen MR) is 68.6 cm³/mol. The first-order valence-corrected chi connectivity index (χ1v) is 6.83. The molecule has 4 nitrogen and oxygen atoms in total. The van der Waals surface area contributed by atoms with E-state index in [1.807, 2.05) is 29.7 Å². The minimum Gasteiger partial charge on any atom is -0.326 e. The minimum absolute atomic E-state index is 0.210. The van der Waals surface area contributed by atoms with Gasteiger partial charge in [0.05, 0.1) is 6.20 Å². The SMILES string of the molecule is CN1CCSCC1C(N)Cc1cnn(C)c1. The van der Waals surface area contributed by atoms with Crippen molar-refractivity contribution in [3.05, 3.63) is 18.0 Å². The zero-order chi connectivity index (χ0) is 11.5. The lowest BCUT2D eigenvalue weighted by atomic mass is 10.0. The van der Waals surface area contributed by atoms with Crippen LogP contribution in [0.5, 0.6) is 0 Å². The van der Waals surface area contributed by atoms with Crippen LogP contribution in [0.25, 0.3) is 0 Å². The van der Waals surface area contributed by atoms with E-state index in [1.54, 1.807) is 0 Å². The van der Waals surface area contributed by atoms with Crippen LogP contribution in [0, 0.1) is 0 Å². The monoisotopic (exact) mass is 240 g/mol. The Bertz CT molecular complexity index is 338. The quantitative estimate of drug-likeness (QED) is 0.827. The molecule has 90 valence electrons. The molecule has 1 aromatic heterocycles. The molecule has 0 amide bonds. The van der Waals surface area contributed by atoms with Gasteiger partial charge in [-0.1, -0.05) is 0 Å². The van der Waals surface area contributed by atoms with Crippen LogP contribution < -0.4 is 5.73 Å². The molecule has 0 bridgehead atoms. The summed E-state index contributed by atoms with van der Waals surface area (Å²) in [4.78, 5) is 2.39. The molecule has 5 heteroatoms. The molecule has 2 N–H and O–H groups in total. The summed E-state index contributed by atoms with van der Waals surface area (Å²) in [5.74, 6) is 2.38. The highest BCUT2D eigenvalue weighted by atomic mass is 32.2. The average molecular weight is 240 g/mol. The van der Waals surface area contributed by atoms with E-state index in [4.69, 9.17) is 5.73 Å². The summed E-state index contributed by atoms with van der Waals surface area (Å²) in [6, 6.07) is 0.709. The van der Waals surface area contributed by atoms with Gasteiger partial charge in [-0.2, -0.15) is 16.9 Å². The zero-order valence-corrected chi connectivity index (χ0v) is 10.8. The fourth-order valence-electron chi connectivity index (χ4n) is 2.14. The summed E-state index contributed by atoms with van der Waals surface area (Å²) in [5, 5.41) is 4.18. The highest BCUT2D eigenvalue weighted by molar-refractivity contribution is 7.99. The minimum atomic E-state index is 0.210. The molecule has 2 rings (SSSR count). The summed E-state index contributed by atoms with van der Waals surface area (Å²) >= 11 is 2.01. The molecule has 2 unspecified atom stereocenters. The maximum atomic E-state index is 6.29.